The number of hydrogen-bond acceptors (Lipinski definition) is 3. The molecule has 0 heterocycles. The minimum Gasteiger partial charge on any atom is -0.200 e. The Morgan fingerprint density at radius 2 is 1.50 bits per heavy atom. The summed E-state index contributed by atoms with van der Waals surface area (Å²) in [5.41, 5.74) is 4.55. The minimum atomic E-state index is -3.69. The first-order chi connectivity index (χ1) is 11.3. The van der Waals surface area contributed by atoms with Crippen molar-refractivity contribution >= 4 is 15.7 Å². The molecule has 0 atom stereocenters. The van der Waals surface area contributed by atoms with Crippen LogP contribution in [-0.2, 0) is 10.0 Å². The maximum absolute atomic E-state index is 12.4. The molecular weight excluding hydrogens is 320 g/mol. The van der Waals surface area contributed by atoms with Gasteiger partial charge in [0, 0.05) is 6.42 Å². The van der Waals surface area contributed by atoms with E-state index in [1.165, 1.54) is 0 Å². The van der Waals surface area contributed by atoms with Gasteiger partial charge in [0.2, 0.25) is 0 Å². The van der Waals surface area contributed by atoms with E-state index in [0.29, 0.717) is 12.1 Å². The van der Waals surface area contributed by atoms with Crippen LogP contribution in [0.15, 0.2) is 70.7 Å². The maximum atomic E-state index is 12.4. The first-order valence-corrected chi connectivity index (χ1v) is 9.13. The molecule has 0 saturated heterocycles. The van der Waals surface area contributed by atoms with Crippen molar-refractivity contribution in [3.63, 3.8) is 0 Å². The van der Waals surface area contributed by atoms with E-state index in [1.54, 1.807) is 24.3 Å². The lowest BCUT2D eigenvalue weighted by Crippen LogP contribution is -2.20. The molecular formula is C19H22N2O2S. The molecule has 5 heteroatoms. The van der Waals surface area contributed by atoms with E-state index in [0.717, 1.165) is 22.3 Å². The largest absolute Gasteiger partial charge is 0.276 e. The molecule has 2 rings (SSSR count). The molecule has 0 saturated carbocycles. The van der Waals surface area contributed by atoms with Crippen LogP contribution in [0.1, 0.15) is 30.0 Å². The zero-order valence-electron chi connectivity index (χ0n) is 14.2. The lowest BCUT2D eigenvalue weighted by molar-refractivity contribution is 0.584. The van der Waals surface area contributed by atoms with E-state index in [4.69, 9.17) is 0 Å². The smallest absolute Gasteiger partial charge is 0.200 e. The number of nitrogens with zero attached hydrogens (tertiary/aromatic N) is 1. The van der Waals surface area contributed by atoms with E-state index in [2.05, 4.69) is 16.5 Å². The van der Waals surface area contributed by atoms with Gasteiger partial charge in [-0.15, -0.1) is 0 Å². The van der Waals surface area contributed by atoms with Gasteiger partial charge in [0.25, 0.3) is 10.0 Å². The normalized spacial score (nSPS) is 12.0. The molecule has 0 aliphatic carbocycles. The SMILES string of the molecule is C=C(C)C/C(=N\NS(=O)(=O)c1ccc(C)cc1)c1ccc(C)cc1. The second kappa shape index (κ2) is 7.45. The van der Waals surface area contributed by atoms with Crippen LogP contribution in [0.25, 0.3) is 0 Å². The van der Waals surface area contributed by atoms with Gasteiger partial charge in [0.15, 0.2) is 0 Å². The summed E-state index contributed by atoms with van der Waals surface area (Å²) < 4.78 is 24.8. The number of benzene rings is 2. The Morgan fingerprint density at radius 3 is 2.00 bits per heavy atom. The zero-order valence-corrected chi connectivity index (χ0v) is 15.0. The van der Waals surface area contributed by atoms with Crippen molar-refractivity contribution in [1.82, 2.24) is 4.83 Å². The topological polar surface area (TPSA) is 58.5 Å². The summed E-state index contributed by atoms with van der Waals surface area (Å²) in [5, 5.41) is 4.15. The Bertz CT molecular complexity index is 849. The lowest BCUT2D eigenvalue weighted by Gasteiger charge is -2.09. The van der Waals surface area contributed by atoms with Crippen LogP contribution < -0.4 is 4.83 Å². The average molecular weight is 342 g/mol. The second-order valence-electron chi connectivity index (χ2n) is 5.97. The van der Waals surface area contributed by atoms with E-state index < -0.39 is 10.0 Å². The number of allylic oxidation sites excluding steroid dienone is 1. The van der Waals surface area contributed by atoms with Crippen LogP contribution in [0, 0.1) is 13.8 Å². The summed E-state index contributed by atoms with van der Waals surface area (Å²) in [7, 11) is -3.69. The number of aryl methyl sites for hydroxylation is 2. The highest BCUT2D eigenvalue weighted by Crippen LogP contribution is 2.13. The minimum absolute atomic E-state index is 0.190. The van der Waals surface area contributed by atoms with Gasteiger partial charge in [-0.1, -0.05) is 59.7 Å². The Morgan fingerprint density at radius 1 is 1.00 bits per heavy atom. The summed E-state index contributed by atoms with van der Waals surface area (Å²) in [6.45, 7) is 9.69. The monoisotopic (exact) mass is 342 g/mol. The molecule has 2 aromatic rings. The Labute approximate surface area is 144 Å². The van der Waals surface area contributed by atoms with Gasteiger partial charge in [0.1, 0.15) is 0 Å². The standard InChI is InChI=1S/C19H22N2O2S/c1-14(2)13-19(17-9-5-15(3)6-10-17)20-21-24(22,23)18-11-7-16(4)8-12-18/h5-12,21H,1,13H2,2-4H3/b20-19+. The fraction of sp³-hybridized carbons (Fsp3) is 0.211. The summed E-state index contributed by atoms with van der Waals surface area (Å²) in [5.74, 6) is 0. The van der Waals surface area contributed by atoms with Crippen LogP contribution in [0.4, 0.5) is 0 Å². The third-order valence-electron chi connectivity index (χ3n) is 3.49. The average Bonchev–Trinajstić information content (AvgIpc) is 2.52. The number of hydrogen-bond donors (Lipinski definition) is 1. The molecule has 2 aromatic carbocycles. The van der Waals surface area contributed by atoms with Crippen molar-refractivity contribution in [3.05, 3.63) is 77.4 Å². The van der Waals surface area contributed by atoms with Crippen LogP contribution in [-0.4, -0.2) is 14.1 Å². The fourth-order valence-electron chi connectivity index (χ4n) is 2.12. The number of sulfonamides is 1. The Kier molecular flexibility index (Phi) is 5.57. The molecule has 4 nitrogen and oxygen atoms in total. The van der Waals surface area contributed by atoms with Gasteiger partial charge in [-0.2, -0.15) is 18.4 Å². The quantitative estimate of drug-likeness (QED) is 0.491. The van der Waals surface area contributed by atoms with Gasteiger partial charge < -0.3 is 0 Å². The zero-order chi connectivity index (χ0) is 17.7. The van der Waals surface area contributed by atoms with Crippen LogP contribution in [0.2, 0.25) is 0 Å². The molecule has 0 aliphatic rings. The van der Waals surface area contributed by atoms with Gasteiger partial charge in [-0.3, -0.25) is 0 Å². The van der Waals surface area contributed by atoms with Crippen molar-refractivity contribution in [2.75, 3.05) is 0 Å². The highest BCUT2D eigenvalue weighted by Gasteiger charge is 2.13. The van der Waals surface area contributed by atoms with Crippen molar-refractivity contribution in [2.24, 2.45) is 5.10 Å². The first kappa shape index (κ1) is 17.9. The highest BCUT2D eigenvalue weighted by atomic mass is 32.2. The molecule has 0 spiro atoms. The van der Waals surface area contributed by atoms with E-state index in [9.17, 15) is 8.42 Å². The van der Waals surface area contributed by atoms with Crippen molar-refractivity contribution in [1.29, 1.82) is 0 Å². The third-order valence-corrected chi connectivity index (χ3v) is 4.71. The molecule has 1 N–H and O–H groups in total. The molecule has 24 heavy (non-hydrogen) atoms. The second-order valence-corrected chi connectivity index (χ2v) is 7.63. The maximum Gasteiger partial charge on any atom is 0.276 e. The van der Waals surface area contributed by atoms with Crippen molar-refractivity contribution in [3.8, 4) is 0 Å². The van der Waals surface area contributed by atoms with Crippen molar-refractivity contribution in [2.45, 2.75) is 32.1 Å². The van der Waals surface area contributed by atoms with E-state index in [-0.39, 0.29) is 4.90 Å². The number of rotatable bonds is 6. The summed E-state index contributed by atoms with van der Waals surface area (Å²) in [6.07, 6.45) is 0.499. The van der Waals surface area contributed by atoms with Gasteiger partial charge in [0.05, 0.1) is 10.6 Å². The molecule has 0 unspecified atom stereocenters. The van der Waals surface area contributed by atoms with E-state index >= 15 is 0 Å². The predicted octanol–water partition coefficient (Wildman–Crippen LogP) is 3.95. The molecule has 0 radical (unpaired) electrons. The molecule has 126 valence electrons. The fourth-order valence-corrected chi connectivity index (χ4v) is 2.95. The highest BCUT2D eigenvalue weighted by molar-refractivity contribution is 7.89. The number of hydrazone groups is 1. The van der Waals surface area contributed by atoms with Crippen LogP contribution >= 0.6 is 0 Å². The summed E-state index contributed by atoms with van der Waals surface area (Å²) in [6, 6.07) is 14.4. The predicted molar refractivity (Wildman–Crippen MR) is 98.6 cm³/mol. The summed E-state index contributed by atoms with van der Waals surface area (Å²) in [4.78, 5) is 2.52. The van der Waals surface area contributed by atoms with Crippen LogP contribution in [0.3, 0.4) is 0 Å². The summed E-state index contributed by atoms with van der Waals surface area (Å²) >= 11 is 0. The molecule has 0 aromatic heterocycles. The van der Waals surface area contributed by atoms with Gasteiger partial charge in [-0.25, -0.2) is 0 Å². The molecule has 0 amide bonds. The Hall–Kier alpha value is -2.40. The van der Waals surface area contributed by atoms with Gasteiger partial charge >= 0.3 is 0 Å². The third kappa shape index (κ3) is 4.80. The van der Waals surface area contributed by atoms with Crippen LogP contribution in [0.5, 0.6) is 0 Å². The lowest BCUT2D eigenvalue weighted by atomic mass is 10.0. The van der Waals surface area contributed by atoms with Crippen molar-refractivity contribution < 1.29 is 8.42 Å². The van der Waals surface area contributed by atoms with Gasteiger partial charge in [-0.05, 0) is 38.5 Å². The number of nitrogens with one attached hydrogen (secondary N) is 1. The van der Waals surface area contributed by atoms with E-state index in [1.807, 2.05) is 45.0 Å². The molecule has 0 aliphatic heterocycles. The first-order valence-electron chi connectivity index (χ1n) is 7.64. The molecule has 0 fully saturated rings. The molecule has 0 bridgehead atoms. The Balaban J connectivity index is 2.31.